The molecule has 0 fully saturated rings. The zero-order valence-electron chi connectivity index (χ0n) is 8.28. The number of benzene rings is 2. The number of halogens is 2. The van der Waals surface area contributed by atoms with Crippen molar-refractivity contribution < 1.29 is 4.79 Å². The molecule has 0 unspecified atom stereocenters. The van der Waals surface area contributed by atoms with Gasteiger partial charge >= 0.3 is 0 Å². The number of aldehydes is 1. The van der Waals surface area contributed by atoms with Gasteiger partial charge < -0.3 is 0 Å². The van der Waals surface area contributed by atoms with Crippen LogP contribution in [0.5, 0.6) is 0 Å². The minimum Gasteiger partial charge on any atom is -0.298 e. The van der Waals surface area contributed by atoms with E-state index in [1.165, 1.54) is 0 Å². The van der Waals surface area contributed by atoms with Crippen LogP contribution in [0.4, 0.5) is 0 Å². The Hall–Kier alpha value is -0.870. The molecule has 0 saturated heterocycles. The molecular weight excluding hydrogens is 334 g/mol. The molecule has 0 amide bonds. The lowest BCUT2D eigenvalue weighted by Gasteiger charge is -2.04. The minimum absolute atomic E-state index is 0.682. The van der Waals surface area contributed by atoms with E-state index in [1.54, 1.807) is 0 Å². The van der Waals surface area contributed by atoms with E-state index in [-0.39, 0.29) is 0 Å². The second-order valence-corrected chi connectivity index (χ2v) is 5.08. The first kappa shape index (κ1) is 11.6. The van der Waals surface area contributed by atoms with Crippen LogP contribution in [0.2, 0.25) is 5.02 Å². The second kappa shape index (κ2) is 4.97. The highest BCUT2D eigenvalue weighted by molar-refractivity contribution is 14.1. The van der Waals surface area contributed by atoms with Gasteiger partial charge in [-0.25, -0.2) is 0 Å². The van der Waals surface area contributed by atoms with Crippen molar-refractivity contribution in [1.29, 1.82) is 0 Å². The van der Waals surface area contributed by atoms with Crippen molar-refractivity contribution in [1.82, 2.24) is 0 Å². The molecular formula is C13H8ClIO. The number of hydrogen-bond acceptors (Lipinski definition) is 1. The minimum atomic E-state index is 0.682. The molecule has 80 valence electrons. The fourth-order valence-electron chi connectivity index (χ4n) is 1.52. The molecule has 2 aromatic rings. The highest BCUT2D eigenvalue weighted by Crippen LogP contribution is 2.25. The maximum Gasteiger partial charge on any atom is 0.150 e. The number of carbonyl (C=O) groups is 1. The molecule has 2 rings (SSSR count). The molecule has 0 heterocycles. The lowest BCUT2D eigenvalue weighted by Crippen LogP contribution is -1.85. The molecule has 0 aliphatic heterocycles. The van der Waals surface area contributed by atoms with Gasteiger partial charge in [0.1, 0.15) is 6.29 Å². The smallest absolute Gasteiger partial charge is 0.150 e. The van der Waals surface area contributed by atoms with Crippen LogP contribution in [0.25, 0.3) is 11.1 Å². The van der Waals surface area contributed by atoms with E-state index < -0.39 is 0 Å². The molecule has 0 atom stereocenters. The Bertz CT molecular complexity index is 537. The maximum atomic E-state index is 10.8. The van der Waals surface area contributed by atoms with Crippen molar-refractivity contribution in [3.63, 3.8) is 0 Å². The van der Waals surface area contributed by atoms with E-state index in [0.717, 1.165) is 21.0 Å². The topological polar surface area (TPSA) is 17.1 Å². The van der Waals surface area contributed by atoms with Crippen LogP contribution in [-0.4, -0.2) is 6.29 Å². The van der Waals surface area contributed by atoms with Gasteiger partial charge in [0.05, 0.1) is 0 Å². The number of hydrogen-bond donors (Lipinski definition) is 0. The SMILES string of the molecule is O=Cc1cc(I)cc(-c2cccc(Cl)c2)c1. The van der Waals surface area contributed by atoms with Crippen LogP contribution < -0.4 is 0 Å². The first-order chi connectivity index (χ1) is 7.69. The summed E-state index contributed by atoms with van der Waals surface area (Å²) in [6.45, 7) is 0. The first-order valence-corrected chi connectivity index (χ1v) is 6.16. The summed E-state index contributed by atoms with van der Waals surface area (Å²) in [7, 11) is 0. The summed E-state index contributed by atoms with van der Waals surface area (Å²) >= 11 is 8.13. The van der Waals surface area contributed by atoms with Gasteiger partial charge in [0, 0.05) is 14.2 Å². The molecule has 0 aromatic heterocycles. The molecule has 2 aromatic carbocycles. The Morgan fingerprint density at radius 2 is 1.88 bits per heavy atom. The maximum absolute atomic E-state index is 10.8. The normalized spacial score (nSPS) is 10.1. The molecule has 0 spiro atoms. The molecule has 0 saturated carbocycles. The molecule has 0 radical (unpaired) electrons. The fourth-order valence-corrected chi connectivity index (χ4v) is 2.40. The summed E-state index contributed by atoms with van der Waals surface area (Å²) in [5.74, 6) is 0. The van der Waals surface area contributed by atoms with Gasteiger partial charge in [-0.1, -0.05) is 23.7 Å². The van der Waals surface area contributed by atoms with Gasteiger partial charge in [-0.15, -0.1) is 0 Å². The molecule has 3 heteroatoms. The van der Waals surface area contributed by atoms with E-state index in [4.69, 9.17) is 11.6 Å². The van der Waals surface area contributed by atoms with Gasteiger partial charge in [-0.05, 0) is 64.0 Å². The van der Waals surface area contributed by atoms with Crippen molar-refractivity contribution >= 4 is 40.5 Å². The third kappa shape index (κ3) is 2.62. The monoisotopic (exact) mass is 342 g/mol. The predicted molar refractivity (Wildman–Crippen MR) is 75.0 cm³/mol. The number of carbonyl (C=O) groups excluding carboxylic acids is 1. The average molecular weight is 343 g/mol. The third-order valence-corrected chi connectivity index (χ3v) is 3.07. The Morgan fingerprint density at radius 3 is 2.56 bits per heavy atom. The van der Waals surface area contributed by atoms with E-state index in [1.807, 2.05) is 42.5 Å². The zero-order chi connectivity index (χ0) is 11.5. The lowest BCUT2D eigenvalue weighted by molar-refractivity contribution is 0.112. The quantitative estimate of drug-likeness (QED) is 0.583. The molecule has 1 nitrogen and oxygen atoms in total. The predicted octanol–water partition coefficient (Wildman–Crippen LogP) is 4.42. The fraction of sp³-hybridized carbons (Fsp3) is 0. The Morgan fingerprint density at radius 1 is 1.06 bits per heavy atom. The van der Waals surface area contributed by atoms with E-state index in [2.05, 4.69) is 22.6 Å². The van der Waals surface area contributed by atoms with Crippen molar-refractivity contribution in [3.8, 4) is 11.1 Å². The molecule has 0 bridgehead atoms. The Labute approximate surface area is 113 Å². The first-order valence-electron chi connectivity index (χ1n) is 4.71. The van der Waals surface area contributed by atoms with E-state index in [0.29, 0.717) is 10.6 Å². The van der Waals surface area contributed by atoms with Crippen molar-refractivity contribution in [2.45, 2.75) is 0 Å². The second-order valence-electron chi connectivity index (χ2n) is 3.40. The highest BCUT2D eigenvalue weighted by Gasteiger charge is 2.02. The summed E-state index contributed by atoms with van der Waals surface area (Å²) in [6.07, 6.45) is 0.857. The van der Waals surface area contributed by atoms with Crippen LogP contribution in [0.3, 0.4) is 0 Å². The van der Waals surface area contributed by atoms with E-state index >= 15 is 0 Å². The van der Waals surface area contributed by atoms with E-state index in [9.17, 15) is 4.79 Å². The summed E-state index contributed by atoms with van der Waals surface area (Å²) < 4.78 is 1.04. The van der Waals surface area contributed by atoms with Crippen LogP contribution in [0, 0.1) is 3.57 Å². The zero-order valence-corrected chi connectivity index (χ0v) is 11.2. The Balaban J connectivity index is 2.55. The van der Waals surface area contributed by atoms with Gasteiger partial charge in [0.15, 0.2) is 0 Å². The molecule has 0 aliphatic rings. The Kier molecular flexibility index (Phi) is 3.61. The standard InChI is InChI=1S/C13H8ClIO/c14-12-3-1-2-10(6-12)11-4-9(8-16)5-13(15)7-11/h1-8H. The summed E-state index contributed by atoms with van der Waals surface area (Å²) in [6, 6.07) is 13.3. The van der Waals surface area contributed by atoms with Crippen LogP contribution in [0.1, 0.15) is 10.4 Å². The molecule has 16 heavy (non-hydrogen) atoms. The van der Waals surface area contributed by atoms with Crippen LogP contribution >= 0.6 is 34.2 Å². The van der Waals surface area contributed by atoms with Gasteiger partial charge in [0.2, 0.25) is 0 Å². The summed E-state index contributed by atoms with van der Waals surface area (Å²) in [5.41, 5.74) is 2.72. The average Bonchev–Trinajstić information content (AvgIpc) is 2.28. The van der Waals surface area contributed by atoms with Gasteiger partial charge in [-0.2, -0.15) is 0 Å². The van der Waals surface area contributed by atoms with Crippen molar-refractivity contribution in [2.75, 3.05) is 0 Å². The van der Waals surface area contributed by atoms with Gasteiger partial charge in [-0.3, -0.25) is 4.79 Å². The van der Waals surface area contributed by atoms with Gasteiger partial charge in [0.25, 0.3) is 0 Å². The lowest BCUT2D eigenvalue weighted by atomic mass is 10.0. The number of rotatable bonds is 2. The van der Waals surface area contributed by atoms with Crippen LogP contribution in [0.15, 0.2) is 42.5 Å². The summed E-state index contributed by atoms with van der Waals surface area (Å²) in [5, 5.41) is 0.698. The van der Waals surface area contributed by atoms with Crippen LogP contribution in [-0.2, 0) is 0 Å². The van der Waals surface area contributed by atoms with Crippen molar-refractivity contribution in [2.24, 2.45) is 0 Å². The van der Waals surface area contributed by atoms with Crippen molar-refractivity contribution in [3.05, 3.63) is 56.6 Å². The highest BCUT2D eigenvalue weighted by atomic mass is 127. The largest absolute Gasteiger partial charge is 0.298 e. The molecule has 0 aliphatic carbocycles. The summed E-state index contributed by atoms with van der Waals surface area (Å²) in [4.78, 5) is 10.8. The molecule has 0 N–H and O–H groups in total. The third-order valence-electron chi connectivity index (χ3n) is 2.21.